The standard InChI is InChI=1S/C13H16N2O2/c1-8(14)6-10-7-9-4-3-5-11(17-2)12(9)15-13(10)16/h3-5,7-8H,6,14H2,1-2H3,(H,15,16). The van der Waals surface area contributed by atoms with Gasteiger partial charge in [0.1, 0.15) is 5.75 Å². The van der Waals surface area contributed by atoms with E-state index < -0.39 is 0 Å². The first kappa shape index (κ1) is 11.7. The maximum absolute atomic E-state index is 11.9. The summed E-state index contributed by atoms with van der Waals surface area (Å²) in [5.74, 6) is 0.673. The van der Waals surface area contributed by atoms with Gasteiger partial charge in [-0.3, -0.25) is 4.79 Å². The molecule has 0 saturated heterocycles. The molecule has 1 heterocycles. The van der Waals surface area contributed by atoms with E-state index in [0.29, 0.717) is 17.7 Å². The van der Waals surface area contributed by atoms with Gasteiger partial charge in [0, 0.05) is 17.0 Å². The van der Waals surface area contributed by atoms with E-state index in [9.17, 15) is 4.79 Å². The van der Waals surface area contributed by atoms with Gasteiger partial charge in [0.05, 0.1) is 12.6 Å². The quantitative estimate of drug-likeness (QED) is 0.841. The lowest BCUT2D eigenvalue weighted by molar-refractivity contribution is 0.419. The van der Waals surface area contributed by atoms with Crippen molar-refractivity contribution < 1.29 is 4.74 Å². The number of benzene rings is 1. The Kier molecular flexibility index (Phi) is 3.15. The molecule has 17 heavy (non-hydrogen) atoms. The summed E-state index contributed by atoms with van der Waals surface area (Å²) in [4.78, 5) is 14.7. The van der Waals surface area contributed by atoms with Crippen LogP contribution in [-0.2, 0) is 6.42 Å². The molecule has 4 nitrogen and oxygen atoms in total. The van der Waals surface area contributed by atoms with Gasteiger partial charge >= 0.3 is 0 Å². The predicted octanol–water partition coefficient (Wildman–Crippen LogP) is 1.43. The maximum atomic E-state index is 11.9. The zero-order valence-electron chi connectivity index (χ0n) is 9.99. The van der Waals surface area contributed by atoms with Crippen LogP contribution in [0, 0.1) is 0 Å². The second-order valence-corrected chi connectivity index (χ2v) is 4.23. The number of aromatic amines is 1. The zero-order valence-corrected chi connectivity index (χ0v) is 9.99. The van der Waals surface area contributed by atoms with Crippen LogP contribution in [0.2, 0.25) is 0 Å². The molecule has 4 heteroatoms. The van der Waals surface area contributed by atoms with Gasteiger partial charge in [0.15, 0.2) is 0 Å². The highest BCUT2D eigenvalue weighted by Gasteiger charge is 2.07. The van der Waals surface area contributed by atoms with Crippen LogP contribution in [0.4, 0.5) is 0 Å². The third-order valence-corrected chi connectivity index (χ3v) is 2.68. The summed E-state index contributed by atoms with van der Waals surface area (Å²) in [5.41, 5.74) is 7.06. The van der Waals surface area contributed by atoms with E-state index in [0.717, 1.165) is 10.9 Å². The third-order valence-electron chi connectivity index (χ3n) is 2.68. The molecule has 0 bridgehead atoms. The molecule has 0 radical (unpaired) electrons. The van der Waals surface area contributed by atoms with Crippen LogP contribution >= 0.6 is 0 Å². The van der Waals surface area contributed by atoms with Crippen LogP contribution in [-0.4, -0.2) is 18.1 Å². The molecule has 0 aliphatic rings. The molecule has 0 amide bonds. The van der Waals surface area contributed by atoms with Crippen LogP contribution in [0.25, 0.3) is 10.9 Å². The molecule has 1 unspecified atom stereocenters. The van der Waals surface area contributed by atoms with Crippen molar-refractivity contribution in [3.05, 3.63) is 40.2 Å². The Morgan fingerprint density at radius 3 is 2.88 bits per heavy atom. The third kappa shape index (κ3) is 2.31. The molecule has 0 fully saturated rings. The SMILES string of the molecule is COc1cccc2cc(CC(C)N)c(=O)[nH]c12. The number of aromatic nitrogens is 1. The van der Waals surface area contributed by atoms with Gasteiger partial charge in [-0.05, 0) is 25.5 Å². The van der Waals surface area contributed by atoms with E-state index in [1.54, 1.807) is 7.11 Å². The Balaban J connectivity index is 2.62. The number of nitrogens with two attached hydrogens (primary N) is 1. The summed E-state index contributed by atoms with van der Waals surface area (Å²) < 4.78 is 5.21. The number of nitrogens with one attached hydrogen (secondary N) is 1. The Morgan fingerprint density at radius 2 is 2.24 bits per heavy atom. The summed E-state index contributed by atoms with van der Waals surface area (Å²) in [5, 5.41) is 0.958. The number of hydrogen-bond donors (Lipinski definition) is 2. The maximum Gasteiger partial charge on any atom is 0.251 e. The van der Waals surface area contributed by atoms with Crippen LogP contribution in [0.3, 0.4) is 0 Å². The van der Waals surface area contributed by atoms with Crippen molar-refractivity contribution in [3.8, 4) is 5.75 Å². The molecular formula is C13H16N2O2. The Hall–Kier alpha value is -1.81. The van der Waals surface area contributed by atoms with Gasteiger partial charge in [0.2, 0.25) is 0 Å². The minimum Gasteiger partial charge on any atom is -0.495 e. The average molecular weight is 232 g/mol. The van der Waals surface area contributed by atoms with Crippen molar-refractivity contribution in [1.29, 1.82) is 0 Å². The summed E-state index contributed by atoms with van der Waals surface area (Å²) >= 11 is 0. The van der Waals surface area contributed by atoms with Crippen LogP contribution in [0.15, 0.2) is 29.1 Å². The van der Waals surface area contributed by atoms with Crippen molar-refractivity contribution in [2.24, 2.45) is 5.73 Å². The second-order valence-electron chi connectivity index (χ2n) is 4.23. The minimum atomic E-state index is -0.0979. The van der Waals surface area contributed by atoms with E-state index in [1.165, 1.54) is 0 Å². The molecule has 2 rings (SSSR count). The number of methoxy groups -OCH3 is 1. The molecule has 0 saturated carbocycles. The summed E-state index contributed by atoms with van der Waals surface area (Å²) in [6.45, 7) is 1.88. The monoisotopic (exact) mass is 232 g/mol. The van der Waals surface area contributed by atoms with E-state index in [2.05, 4.69) is 4.98 Å². The van der Waals surface area contributed by atoms with Crippen molar-refractivity contribution >= 4 is 10.9 Å². The number of rotatable bonds is 3. The van der Waals surface area contributed by atoms with E-state index in [-0.39, 0.29) is 11.6 Å². The van der Waals surface area contributed by atoms with Gasteiger partial charge in [-0.25, -0.2) is 0 Å². The fourth-order valence-corrected chi connectivity index (χ4v) is 1.92. The van der Waals surface area contributed by atoms with E-state index in [4.69, 9.17) is 10.5 Å². The van der Waals surface area contributed by atoms with E-state index >= 15 is 0 Å². The molecule has 0 spiro atoms. The fraction of sp³-hybridized carbons (Fsp3) is 0.308. The number of hydrogen-bond acceptors (Lipinski definition) is 3. The Morgan fingerprint density at radius 1 is 1.47 bits per heavy atom. The molecule has 90 valence electrons. The van der Waals surface area contributed by atoms with Gasteiger partial charge < -0.3 is 15.5 Å². The van der Waals surface area contributed by atoms with Gasteiger partial charge in [0.25, 0.3) is 5.56 Å². The topological polar surface area (TPSA) is 68.1 Å². The average Bonchev–Trinajstić information content (AvgIpc) is 2.29. The van der Waals surface area contributed by atoms with Crippen molar-refractivity contribution in [3.63, 3.8) is 0 Å². The fourth-order valence-electron chi connectivity index (χ4n) is 1.92. The summed E-state index contributed by atoms with van der Waals surface area (Å²) in [6.07, 6.45) is 0.572. The number of H-pyrrole nitrogens is 1. The summed E-state index contributed by atoms with van der Waals surface area (Å²) in [7, 11) is 1.59. The van der Waals surface area contributed by atoms with Gasteiger partial charge in [-0.1, -0.05) is 12.1 Å². The lowest BCUT2D eigenvalue weighted by atomic mass is 10.1. The minimum absolute atomic E-state index is 0.0286. The first-order valence-corrected chi connectivity index (χ1v) is 5.56. The van der Waals surface area contributed by atoms with Crippen molar-refractivity contribution in [2.75, 3.05) is 7.11 Å². The molecule has 1 aromatic heterocycles. The largest absolute Gasteiger partial charge is 0.495 e. The predicted molar refractivity (Wildman–Crippen MR) is 68.5 cm³/mol. The highest BCUT2D eigenvalue weighted by atomic mass is 16.5. The lowest BCUT2D eigenvalue weighted by Gasteiger charge is -2.08. The molecule has 3 N–H and O–H groups in total. The second kappa shape index (κ2) is 4.59. The molecule has 0 aliphatic heterocycles. The first-order chi connectivity index (χ1) is 8.11. The zero-order chi connectivity index (χ0) is 12.4. The Bertz CT molecular complexity index is 587. The lowest BCUT2D eigenvalue weighted by Crippen LogP contribution is -2.23. The van der Waals surface area contributed by atoms with Gasteiger partial charge in [-0.15, -0.1) is 0 Å². The number of para-hydroxylation sites is 1. The Labute approximate surface area is 99.4 Å². The van der Waals surface area contributed by atoms with Crippen LogP contribution < -0.4 is 16.0 Å². The molecule has 1 atom stereocenters. The summed E-state index contributed by atoms with van der Waals surface area (Å²) in [6, 6.07) is 7.51. The van der Waals surface area contributed by atoms with Gasteiger partial charge in [-0.2, -0.15) is 0 Å². The normalized spacial score (nSPS) is 12.6. The van der Waals surface area contributed by atoms with E-state index in [1.807, 2.05) is 31.2 Å². The van der Waals surface area contributed by atoms with Crippen LogP contribution in [0.1, 0.15) is 12.5 Å². The smallest absolute Gasteiger partial charge is 0.251 e. The van der Waals surface area contributed by atoms with Crippen molar-refractivity contribution in [1.82, 2.24) is 4.98 Å². The van der Waals surface area contributed by atoms with Crippen LogP contribution in [0.5, 0.6) is 5.75 Å². The highest BCUT2D eigenvalue weighted by Crippen LogP contribution is 2.22. The number of ether oxygens (including phenoxy) is 1. The molecule has 1 aromatic carbocycles. The molecular weight excluding hydrogens is 216 g/mol. The number of pyridine rings is 1. The van der Waals surface area contributed by atoms with Crippen molar-refractivity contribution in [2.45, 2.75) is 19.4 Å². The highest BCUT2D eigenvalue weighted by molar-refractivity contribution is 5.84. The number of fused-ring (bicyclic) bond motifs is 1. The first-order valence-electron chi connectivity index (χ1n) is 5.56. The molecule has 0 aliphatic carbocycles. The molecule has 2 aromatic rings.